The lowest BCUT2D eigenvalue weighted by molar-refractivity contribution is -0.114. The Morgan fingerprint density at radius 3 is 1.62 bits per heavy atom. The lowest BCUT2D eigenvalue weighted by atomic mass is 9.96. The molecule has 1 heterocycles. The van der Waals surface area contributed by atoms with Crippen molar-refractivity contribution in [1.29, 1.82) is 0 Å². The van der Waals surface area contributed by atoms with Gasteiger partial charge in [0.2, 0.25) is 5.76 Å². The van der Waals surface area contributed by atoms with Gasteiger partial charge in [0.15, 0.2) is 0 Å². The summed E-state index contributed by atoms with van der Waals surface area (Å²) in [6.45, 7) is 0. The summed E-state index contributed by atoms with van der Waals surface area (Å²) in [6.07, 6.45) is -0.694. The van der Waals surface area contributed by atoms with Crippen molar-refractivity contribution in [3.05, 3.63) is 108 Å². The molecule has 1 fully saturated rings. The molecule has 126 valence electrons. The number of para-hydroxylation sites is 1. The number of amides is 2. The molecule has 3 aromatic carbocycles. The smallest absolute Gasteiger partial charge is 0.403 e. The molecule has 0 radical (unpaired) electrons. The number of ether oxygens (including phenoxy) is 1. The van der Waals surface area contributed by atoms with E-state index in [2.05, 4.69) is 0 Å². The Labute approximate surface area is 151 Å². The summed E-state index contributed by atoms with van der Waals surface area (Å²) in [4.78, 5) is 26.5. The van der Waals surface area contributed by atoms with Crippen LogP contribution in [0.25, 0.3) is 5.57 Å². The molecule has 2 amide bonds. The quantitative estimate of drug-likeness (QED) is 0.653. The third-order valence-corrected chi connectivity index (χ3v) is 4.14. The maximum Gasteiger partial charge on any atom is 0.427 e. The summed E-state index contributed by atoms with van der Waals surface area (Å²) in [5.41, 5.74) is 2.70. The molecule has 4 nitrogen and oxygen atoms in total. The van der Waals surface area contributed by atoms with E-state index in [0.29, 0.717) is 11.3 Å². The second kappa shape index (κ2) is 6.69. The van der Waals surface area contributed by atoms with E-state index in [1.807, 2.05) is 66.7 Å². The summed E-state index contributed by atoms with van der Waals surface area (Å²) in [5, 5.41) is 0. The summed E-state index contributed by atoms with van der Waals surface area (Å²) in [6, 6.07) is 27.7. The average molecular weight is 341 g/mol. The number of anilines is 1. The normalized spacial score (nSPS) is 13.7. The fourth-order valence-electron chi connectivity index (χ4n) is 2.96. The van der Waals surface area contributed by atoms with Gasteiger partial charge in [-0.1, -0.05) is 78.9 Å². The predicted molar refractivity (Wildman–Crippen MR) is 99.3 cm³/mol. The Kier molecular flexibility index (Phi) is 4.07. The number of hydrogen-bond acceptors (Lipinski definition) is 3. The maximum absolute atomic E-state index is 13.0. The third-order valence-electron chi connectivity index (χ3n) is 4.14. The Morgan fingerprint density at radius 2 is 1.12 bits per heavy atom. The first-order valence-electron chi connectivity index (χ1n) is 8.22. The van der Waals surface area contributed by atoms with Crippen LogP contribution in [0.1, 0.15) is 11.1 Å². The topological polar surface area (TPSA) is 46.6 Å². The van der Waals surface area contributed by atoms with Crippen LogP contribution in [0.4, 0.5) is 10.5 Å². The van der Waals surface area contributed by atoms with E-state index in [0.717, 1.165) is 16.0 Å². The fourth-order valence-corrected chi connectivity index (χ4v) is 2.96. The van der Waals surface area contributed by atoms with E-state index in [-0.39, 0.29) is 5.76 Å². The highest BCUT2D eigenvalue weighted by Gasteiger charge is 2.40. The minimum atomic E-state index is -0.694. The molecular weight excluding hydrogens is 326 g/mol. The number of carbonyl (C=O) groups excluding carboxylic acids is 2. The first-order chi connectivity index (χ1) is 12.8. The number of hydrogen-bond donors (Lipinski definition) is 0. The lowest BCUT2D eigenvalue weighted by Crippen LogP contribution is -2.28. The second-order valence-electron chi connectivity index (χ2n) is 5.78. The highest BCUT2D eigenvalue weighted by Crippen LogP contribution is 2.33. The summed E-state index contributed by atoms with van der Waals surface area (Å²) in [5.74, 6) is -0.430. The molecule has 4 rings (SSSR count). The molecule has 0 atom stereocenters. The third kappa shape index (κ3) is 2.78. The number of carbonyl (C=O) groups is 2. The number of nitrogens with zero attached hydrogens (tertiary/aromatic N) is 1. The number of imide groups is 1. The van der Waals surface area contributed by atoms with Crippen LogP contribution in [0.15, 0.2) is 96.8 Å². The van der Waals surface area contributed by atoms with Crippen molar-refractivity contribution in [3.8, 4) is 0 Å². The van der Waals surface area contributed by atoms with Gasteiger partial charge in [0.1, 0.15) is 0 Å². The monoisotopic (exact) mass is 341 g/mol. The largest absolute Gasteiger partial charge is 0.427 e. The van der Waals surface area contributed by atoms with E-state index in [1.54, 1.807) is 24.3 Å². The molecule has 0 N–H and O–H groups in total. The molecule has 0 aromatic heterocycles. The van der Waals surface area contributed by atoms with Gasteiger partial charge in [0.25, 0.3) is 0 Å². The van der Waals surface area contributed by atoms with Gasteiger partial charge in [0, 0.05) is 5.57 Å². The molecule has 1 saturated heterocycles. The zero-order valence-corrected chi connectivity index (χ0v) is 13.8. The maximum atomic E-state index is 13.0. The van der Waals surface area contributed by atoms with E-state index < -0.39 is 12.0 Å². The van der Waals surface area contributed by atoms with Crippen LogP contribution in [0.3, 0.4) is 0 Å². The van der Waals surface area contributed by atoms with Crippen LogP contribution in [0.2, 0.25) is 0 Å². The lowest BCUT2D eigenvalue weighted by Gasteiger charge is -2.11. The first kappa shape index (κ1) is 15.8. The van der Waals surface area contributed by atoms with Gasteiger partial charge in [-0.05, 0) is 23.3 Å². The van der Waals surface area contributed by atoms with Gasteiger partial charge < -0.3 is 4.74 Å². The molecule has 4 heteroatoms. The van der Waals surface area contributed by atoms with Gasteiger partial charge in [-0.2, -0.15) is 0 Å². The van der Waals surface area contributed by atoms with Crippen molar-refractivity contribution >= 4 is 23.3 Å². The van der Waals surface area contributed by atoms with E-state index in [9.17, 15) is 9.59 Å². The van der Waals surface area contributed by atoms with Crippen molar-refractivity contribution in [2.45, 2.75) is 0 Å². The van der Waals surface area contributed by atoms with E-state index >= 15 is 0 Å². The molecule has 0 spiro atoms. The van der Waals surface area contributed by atoms with Gasteiger partial charge in [-0.15, -0.1) is 0 Å². The van der Waals surface area contributed by atoms with Crippen LogP contribution in [-0.2, 0) is 9.53 Å². The Balaban J connectivity index is 1.89. The highest BCUT2D eigenvalue weighted by molar-refractivity contribution is 6.26. The van der Waals surface area contributed by atoms with E-state index in [4.69, 9.17) is 4.74 Å². The standard InChI is InChI=1S/C22H15NO3/c24-21-20(26-22(25)23(21)18-14-8-3-9-15-18)19(16-10-4-1-5-11-16)17-12-6-2-7-13-17/h1-15H. The van der Waals surface area contributed by atoms with E-state index in [1.165, 1.54) is 0 Å². The van der Waals surface area contributed by atoms with Gasteiger partial charge >= 0.3 is 12.0 Å². The van der Waals surface area contributed by atoms with Crippen LogP contribution in [0, 0.1) is 0 Å². The molecule has 26 heavy (non-hydrogen) atoms. The molecule has 0 saturated carbocycles. The number of benzene rings is 3. The molecule has 1 aliphatic rings. The predicted octanol–water partition coefficient (Wildman–Crippen LogP) is 4.63. The molecule has 0 bridgehead atoms. The highest BCUT2D eigenvalue weighted by atomic mass is 16.6. The molecule has 1 aliphatic heterocycles. The SMILES string of the molecule is O=C1OC(=C(c2ccccc2)c2ccccc2)C(=O)N1c1ccccc1. The van der Waals surface area contributed by atoms with Crippen LogP contribution in [-0.4, -0.2) is 12.0 Å². The Bertz CT molecular complexity index is 938. The van der Waals surface area contributed by atoms with Crippen molar-refractivity contribution in [2.24, 2.45) is 0 Å². The number of cyclic esters (lactones) is 1. The summed E-state index contributed by atoms with van der Waals surface area (Å²) >= 11 is 0. The molecular formula is C22H15NO3. The molecule has 0 aliphatic carbocycles. The molecule has 0 unspecified atom stereocenters. The van der Waals surface area contributed by atoms with Gasteiger partial charge in [-0.25, -0.2) is 9.69 Å². The van der Waals surface area contributed by atoms with Crippen LogP contribution >= 0.6 is 0 Å². The Hall–Kier alpha value is -3.66. The Morgan fingerprint density at radius 1 is 0.654 bits per heavy atom. The second-order valence-corrected chi connectivity index (χ2v) is 5.78. The van der Waals surface area contributed by atoms with Crippen LogP contribution in [0.5, 0.6) is 0 Å². The first-order valence-corrected chi connectivity index (χ1v) is 8.22. The van der Waals surface area contributed by atoms with Crippen LogP contribution < -0.4 is 4.90 Å². The minimum Gasteiger partial charge on any atom is -0.403 e. The van der Waals surface area contributed by atoms with Crippen molar-refractivity contribution < 1.29 is 14.3 Å². The number of rotatable bonds is 3. The fraction of sp³-hybridized carbons (Fsp3) is 0. The van der Waals surface area contributed by atoms with Gasteiger partial charge in [-0.3, -0.25) is 4.79 Å². The summed E-state index contributed by atoms with van der Waals surface area (Å²) in [7, 11) is 0. The molecule has 3 aromatic rings. The van der Waals surface area contributed by atoms with Crippen molar-refractivity contribution in [1.82, 2.24) is 0 Å². The summed E-state index contributed by atoms with van der Waals surface area (Å²) < 4.78 is 5.43. The van der Waals surface area contributed by atoms with Crippen molar-refractivity contribution in [3.63, 3.8) is 0 Å². The van der Waals surface area contributed by atoms with Crippen molar-refractivity contribution in [2.75, 3.05) is 4.90 Å². The zero-order chi connectivity index (χ0) is 17.9. The zero-order valence-electron chi connectivity index (χ0n) is 13.8. The average Bonchev–Trinajstić information content (AvgIpc) is 2.98. The van der Waals surface area contributed by atoms with Gasteiger partial charge in [0.05, 0.1) is 5.69 Å². The minimum absolute atomic E-state index is 0.0382.